The maximum Gasteiger partial charge on any atom is 0.119 e. The molecule has 1 aliphatic carbocycles. The van der Waals surface area contributed by atoms with Gasteiger partial charge in [-0.2, -0.15) is 0 Å². The molecule has 124 valence electrons. The fourth-order valence-corrected chi connectivity index (χ4v) is 3.25. The number of hydrogen-bond acceptors (Lipinski definition) is 4. The zero-order valence-corrected chi connectivity index (χ0v) is 13.6. The number of hydrogen-bond donors (Lipinski definition) is 2. The van der Waals surface area contributed by atoms with Crippen molar-refractivity contribution in [3.05, 3.63) is 29.8 Å². The van der Waals surface area contributed by atoms with Gasteiger partial charge in [0.15, 0.2) is 0 Å². The molecule has 1 saturated carbocycles. The second-order valence-corrected chi connectivity index (χ2v) is 6.22. The highest BCUT2D eigenvalue weighted by Crippen LogP contribution is 2.25. The van der Waals surface area contributed by atoms with Crippen LogP contribution in [0, 0.1) is 0 Å². The molecule has 1 aromatic carbocycles. The topological polar surface area (TPSA) is 52.9 Å². The van der Waals surface area contributed by atoms with Gasteiger partial charge in [-0.15, -0.1) is 0 Å². The Hall–Kier alpha value is -1.10. The molecule has 0 bridgehead atoms. The summed E-state index contributed by atoms with van der Waals surface area (Å²) >= 11 is 0. The van der Waals surface area contributed by atoms with E-state index in [1.54, 1.807) is 7.11 Å². The van der Waals surface area contributed by atoms with Gasteiger partial charge in [0.25, 0.3) is 0 Å². The molecule has 0 aliphatic heterocycles. The van der Waals surface area contributed by atoms with Crippen LogP contribution in [-0.2, 0) is 6.54 Å². The normalized spacial score (nSPS) is 22.0. The van der Waals surface area contributed by atoms with Crippen molar-refractivity contribution in [1.29, 1.82) is 0 Å². The second kappa shape index (κ2) is 9.13. The Bertz CT molecular complexity index is 430. The Balaban J connectivity index is 1.99. The van der Waals surface area contributed by atoms with Gasteiger partial charge in [-0.05, 0) is 62.8 Å². The van der Waals surface area contributed by atoms with Gasteiger partial charge in [0, 0.05) is 19.2 Å². The number of aliphatic hydroxyl groups is 2. The van der Waals surface area contributed by atoms with E-state index in [0.29, 0.717) is 6.04 Å². The van der Waals surface area contributed by atoms with Crippen molar-refractivity contribution in [2.24, 2.45) is 0 Å². The summed E-state index contributed by atoms with van der Waals surface area (Å²) in [6.45, 7) is 2.16. The van der Waals surface area contributed by atoms with Gasteiger partial charge in [-0.25, -0.2) is 0 Å². The van der Waals surface area contributed by atoms with Crippen LogP contribution in [0.15, 0.2) is 24.3 Å². The van der Waals surface area contributed by atoms with Gasteiger partial charge >= 0.3 is 0 Å². The zero-order valence-electron chi connectivity index (χ0n) is 13.6. The molecule has 2 N–H and O–H groups in total. The molecule has 0 radical (unpaired) electrons. The lowest BCUT2D eigenvalue weighted by atomic mass is 9.91. The summed E-state index contributed by atoms with van der Waals surface area (Å²) in [7, 11) is 1.70. The summed E-state index contributed by atoms with van der Waals surface area (Å²) in [5.74, 6) is 0.895. The molecule has 0 atom stereocenters. The van der Waals surface area contributed by atoms with Crippen molar-refractivity contribution < 1.29 is 14.9 Å². The highest BCUT2D eigenvalue weighted by molar-refractivity contribution is 5.28. The van der Waals surface area contributed by atoms with Crippen LogP contribution in [0.2, 0.25) is 0 Å². The molecule has 0 spiro atoms. The van der Waals surface area contributed by atoms with E-state index in [2.05, 4.69) is 17.0 Å². The Kier molecular flexibility index (Phi) is 7.16. The largest absolute Gasteiger partial charge is 0.497 e. The van der Waals surface area contributed by atoms with Gasteiger partial charge < -0.3 is 14.9 Å². The van der Waals surface area contributed by atoms with Crippen LogP contribution in [0.5, 0.6) is 5.75 Å². The lowest BCUT2D eigenvalue weighted by Gasteiger charge is -2.36. The zero-order chi connectivity index (χ0) is 15.8. The quantitative estimate of drug-likeness (QED) is 0.725. The second-order valence-electron chi connectivity index (χ2n) is 6.22. The Morgan fingerprint density at radius 1 is 1.18 bits per heavy atom. The number of methoxy groups -OCH3 is 1. The van der Waals surface area contributed by atoms with E-state index in [9.17, 15) is 5.11 Å². The van der Waals surface area contributed by atoms with E-state index < -0.39 is 0 Å². The summed E-state index contributed by atoms with van der Waals surface area (Å²) in [5.41, 5.74) is 1.26. The maximum atomic E-state index is 9.71. The van der Waals surface area contributed by atoms with Gasteiger partial charge in [0.1, 0.15) is 5.75 Å². The smallest absolute Gasteiger partial charge is 0.119 e. The minimum Gasteiger partial charge on any atom is -0.497 e. The number of benzene rings is 1. The minimum atomic E-state index is -0.118. The number of unbranched alkanes of at least 4 members (excludes halogenated alkanes) is 1. The highest BCUT2D eigenvalue weighted by Gasteiger charge is 2.24. The molecular weight excluding hydrogens is 278 g/mol. The molecule has 4 nitrogen and oxygen atoms in total. The molecule has 1 aromatic rings. The van der Waals surface area contributed by atoms with Crippen LogP contribution >= 0.6 is 0 Å². The summed E-state index contributed by atoms with van der Waals surface area (Å²) in [4.78, 5) is 2.51. The van der Waals surface area contributed by atoms with Crippen LogP contribution < -0.4 is 4.74 Å². The average Bonchev–Trinajstić information content (AvgIpc) is 2.55. The number of nitrogens with zero attached hydrogens (tertiary/aromatic N) is 1. The predicted octanol–water partition coefficient (Wildman–Crippen LogP) is 2.57. The molecule has 1 aliphatic rings. The molecule has 0 amide bonds. The first-order valence-electron chi connectivity index (χ1n) is 8.39. The van der Waals surface area contributed by atoms with E-state index in [0.717, 1.165) is 57.4 Å². The van der Waals surface area contributed by atoms with Crippen LogP contribution in [0.1, 0.15) is 44.1 Å². The number of ether oxygens (including phenoxy) is 1. The van der Waals surface area contributed by atoms with Crippen molar-refractivity contribution in [2.75, 3.05) is 20.3 Å². The van der Waals surface area contributed by atoms with Crippen LogP contribution in [0.3, 0.4) is 0 Å². The van der Waals surface area contributed by atoms with Crippen LogP contribution in [0.4, 0.5) is 0 Å². The van der Waals surface area contributed by atoms with Crippen molar-refractivity contribution in [3.63, 3.8) is 0 Å². The van der Waals surface area contributed by atoms with Crippen LogP contribution in [0.25, 0.3) is 0 Å². The van der Waals surface area contributed by atoms with Crippen molar-refractivity contribution in [2.45, 2.75) is 57.2 Å². The minimum absolute atomic E-state index is 0.118. The summed E-state index contributed by atoms with van der Waals surface area (Å²) < 4.78 is 5.31. The summed E-state index contributed by atoms with van der Waals surface area (Å²) in [5, 5.41) is 18.7. The molecule has 22 heavy (non-hydrogen) atoms. The Morgan fingerprint density at radius 2 is 1.95 bits per heavy atom. The lowest BCUT2D eigenvalue weighted by Crippen LogP contribution is -2.39. The monoisotopic (exact) mass is 307 g/mol. The first kappa shape index (κ1) is 17.3. The molecule has 4 heteroatoms. The van der Waals surface area contributed by atoms with E-state index in [1.165, 1.54) is 5.56 Å². The van der Waals surface area contributed by atoms with Crippen molar-refractivity contribution in [3.8, 4) is 5.75 Å². The third-order valence-electron chi connectivity index (χ3n) is 4.56. The van der Waals surface area contributed by atoms with E-state index in [4.69, 9.17) is 9.84 Å². The molecule has 1 fully saturated rings. The van der Waals surface area contributed by atoms with E-state index in [-0.39, 0.29) is 12.7 Å². The SMILES string of the molecule is COc1cccc(CN(CCCCO)C2CCC(O)CC2)c1. The lowest BCUT2D eigenvalue weighted by molar-refractivity contribution is 0.0686. The van der Waals surface area contributed by atoms with Gasteiger partial charge in [0.05, 0.1) is 13.2 Å². The molecular formula is C18H29NO3. The predicted molar refractivity (Wildman–Crippen MR) is 88.0 cm³/mol. The third-order valence-corrected chi connectivity index (χ3v) is 4.56. The molecule has 0 saturated heterocycles. The fraction of sp³-hybridized carbons (Fsp3) is 0.667. The Labute approximate surface area is 133 Å². The maximum absolute atomic E-state index is 9.71. The number of rotatable bonds is 8. The van der Waals surface area contributed by atoms with Gasteiger partial charge in [-0.1, -0.05) is 12.1 Å². The fourth-order valence-electron chi connectivity index (χ4n) is 3.25. The molecule has 2 rings (SSSR count). The van der Waals surface area contributed by atoms with E-state index in [1.807, 2.05) is 12.1 Å². The molecule has 0 unspecified atom stereocenters. The first-order valence-corrected chi connectivity index (χ1v) is 8.39. The molecule has 0 aromatic heterocycles. The van der Waals surface area contributed by atoms with Gasteiger partial charge in [0.2, 0.25) is 0 Å². The van der Waals surface area contributed by atoms with Crippen molar-refractivity contribution in [1.82, 2.24) is 4.90 Å². The van der Waals surface area contributed by atoms with Crippen molar-refractivity contribution >= 4 is 0 Å². The van der Waals surface area contributed by atoms with Crippen LogP contribution in [-0.4, -0.2) is 47.5 Å². The highest BCUT2D eigenvalue weighted by atomic mass is 16.5. The standard InChI is InChI=1S/C18H29NO3/c1-22-18-6-4-5-15(13-18)14-19(11-2-3-12-20)16-7-9-17(21)10-8-16/h4-6,13,16-17,20-21H,2-3,7-12,14H2,1H3. The van der Waals surface area contributed by atoms with E-state index >= 15 is 0 Å². The molecule has 0 heterocycles. The number of aliphatic hydroxyl groups excluding tert-OH is 2. The first-order chi connectivity index (χ1) is 10.7. The average molecular weight is 307 g/mol. The Morgan fingerprint density at radius 3 is 2.64 bits per heavy atom. The summed E-state index contributed by atoms with van der Waals surface area (Å²) in [6.07, 6.45) is 5.67. The summed E-state index contributed by atoms with van der Waals surface area (Å²) in [6, 6.07) is 8.77. The van der Waals surface area contributed by atoms with Gasteiger partial charge in [-0.3, -0.25) is 4.90 Å². The third kappa shape index (κ3) is 5.27.